The SMILES string of the molecule is CC(Cc1ccc(NC(=O)c2c(Cl)cccc2Cl)cc1)NC(=O)C1(Cc2ccccc2)CCCC1. The Kier molecular flexibility index (Phi) is 8.15. The van der Waals surface area contributed by atoms with E-state index in [4.69, 9.17) is 23.2 Å². The van der Waals surface area contributed by atoms with Crippen molar-refractivity contribution in [3.8, 4) is 0 Å². The van der Waals surface area contributed by atoms with Crippen LogP contribution < -0.4 is 10.6 Å². The van der Waals surface area contributed by atoms with Gasteiger partial charge in [0.15, 0.2) is 0 Å². The normalized spacial score (nSPS) is 15.4. The number of nitrogens with one attached hydrogen (secondary N) is 2. The maximum absolute atomic E-state index is 13.4. The minimum absolute atomic E-state index is 0.00174. The summed E-state index contributed by atoms with van der Waals surface area (Å²) in [5.41, 5.74) is 2.89. The molecule has 1 atom stereocenters. The Hall–Kier alpha value is -2.82. The predicted octanol–water partition coefficient (Wildman–Crippen LogP) is 7.10. The summed E-state index contributed by atoms with van der Waals surface area (Å²) in [6, 6.07) is 22.9. The molecule has 0 spiro atoms. The zero-order valence-corrected chi connectivity index (χ0v) is 21.3. The molecular formula is C29H30Cl2N2O2. The molecule has 1 saturated carbocycles. The smallest absolute Gasteiger partial charge is 0.258 e. The van der Waals surface area contributed by atoms with E-state index in [0.29, 0.717) is 22.2 Å². The minimum atomic E-state index is -0.353. The first kappa shape index (κ1) is 25.3. The highest BCUT2D eigenvalue weighted by atomic mass is 35.5. The summed E-state index contributed by atoms with van der Waals surface area (Å²) in [6.45, 7) is 2.04. The van der Waals surface area contributed by atoms with Gasteiger partial charge in [0.2, 0.25) is 5.91 Å². The molecule has 3 aromatic carbocycles. The van der Waals surface area contributed by atoms with Gasteiger partial charge in [-0.15, -0.1) is 0 Å². The summed E-state index contributed by atoms with van der Waals surface area (Å²) in [4.78, 5) is 26.0. The van der Waals surface area contributed by atoms with Crippen LogP contribution in [0.15, 0.2) is 72.8 Å². The second-order valence-corrected chi connectivity index (χ2v) is 10.3. The first-order chi connectivity index (χ1) is 16.9. The van der Waals surface area contributed by atoms with Crippen molar-refractivity contribution in [1.82, 2.24) is 5.32 Å². The Morgan fingerprint density at radius 1 is 0.857 bits per heavy atom. The van der Waals surface area contributed by atoms with E-state index in [0.717, 1.165) is 37.7 Å². The lowest BCUT2D eigenvalue weighted by atomic mass is 9.79. The molecule has 0 bridgehead atoms. The quantitative estimate of drug-likeness (QED) is 0.341. The van der Waals surface area contributed by atoms with E-state index >= 15 is 0 Å². The number of hydrogen-bond acceptors (Lipinski definition) is 2. The number of halogens is 2. The van der Waals surface area contributed by atoms with Gasteiger partial charge in [-0.25, -0.2) is 0 Å². The lowest BCUT2D eigenvalue weighted by molar-refractivity contribution is -0.131. The average Bonchev–Trinajstić information content (AvgIpc) is 3.30. The summed E-state index contributed by atoms with van der Waals surface area (Å²) in [5, 5.41) is 6.73. The lowest BCUT2D eigenvalue weighted by Gasteiger charge is -2.30. The molecule has 35 heavy (non-hydrogen) atoms. The minimum Gasteiger partial charge on any atom is -0.353 e. The highest BCUT2D eigenvalue weighted by Gasteiger charge is 2.41. The third-order valence-corrected chi connectivity index (χ3v) is 7.38. The fourth-order valence-corrected chi connectivity index (χ4v) is 5.51. The van der Waals surface area contributed by atoms with Crippen LogP contribution in [0.3, 0.4) is 0 Å². The monoisotopic (exact) mass is 508 g/mol. The van der Waals surface area contributed by atoms with Gasteiger partial charge in [-0.3, -0.25) is 9.59 Å². The van der Waals surface area contributed by atoms with E-state index < -0.39 is 0 Å². The third kappa shape index (κ3) is 6.25. The highest BCUT2D eigenvalue weighted by molar-refractivity contribution is 6.40. The van der Waals surface area contributed by atoms with Gasteiger partial charge in [-0.2, -0.15) is 0 Å². The van der Waals surface area contributed by atoms with Crippen LogP contribution in [-0.2, 0) is 17.6 Å². The Morgan fingerprint density at radius 3 is 2.11 bits per heavy atom. The molecule has 3 aromatic rings. The van der Waals surface area contributed by atoms with Crippen LogP contribution in [0, 0.1) is 5.41 Å². The van der Waals surface area contributed by atoms with Gasteiger partial charge in [0.25, 0.3) is 5.91 Å². The van der Waals surface area contributed by atoms with Gasteiger partial charge in [0.05, 0.1) is 21.0 Å². The number of carbonyl (C=O) groups is 2. The van der Waals surface area contributed by atoms with Crippen molar-refractivity contribution in [1.29, 1.82) is 0 Å². The molecule has 2 N–H and O–H groups in total. The zero-order chi connectivity index (χ0) is 24.8. The molecule has 4 nitrogen and oxygen atoms in total. The first-order valence-corrected chi connectivity index (χ1v) is 12.8. The second-order valence-electron chi connectivity index (χ2n) is 9.48. The molecular weight excluding hydrogens is 479 g/mol. The molecule has 1 fully saturated rings. The molecule has 0 aromatic heterocycles. The van der Waals surface area contributed by atoms with Crippen molar-refractivity contribution in [2.45, 2.75) is 51.5 Å². The average molecular weight is 509 g/mol. The van der Waals surface area contributed by atoms with Crippen LogP contribution in [-0.4, -0.2) is 17.9 Å². The molecule has 0 saturated heterocycles. The van der Waals surface area contributed by atoms with Crippen molar-refractivity contribution < 1.29 is 9.59 Å². The number of carbonyl (C=O) groups excluding carboxylic acids is 2. The number of benzene rings is 3. The number of hydrogen-bond donors (Lipinski definition) is 2. The number of anilines is 1. The summed E-state index contributed by atoms with van der Waals surface area (Å²) < 4.78 is 0. The van der Waals surface area contributed by atoms with Gasteiger partial charge >= 0.3 is 0 Å². The second kappa shape index (κ2) is 11.3. The van der Waals surface area contributed by atoms with Crippen LogP contribution in [0.4, 0.5) is 5.69 Å². The van der Waals surface area contributed by atoms with E-state index in [1.54, 1.807) is 18.2 Å². The third-order valence-electron chi connectivity index (χ3n) is 6.75. The van der Waals surface area contributed by atoms with Crippen molar-refractivity contribution in [2.24, 2.45) is 5.41 Å². The van der Waals surface area contributed by atoms with Crippen LogP contribution in [0.2, 0.25) is 10.0 Å². The van der Waals surface area contributed by atoms with E-state index in [9.17, 15) is 9.59 Å². The fraction of sp³-hybridized carbons (Fsp3) is 0.310. The van der Waals surface area contributed by atoms with E-state index in [2.05, 4.69) is 22.8 Å². The van der Waals surface area contributed by atoms with Crippen molar-refractivity contribution in [2.75, 3.05) is 5.32 Å². The Labute approximate surface area is 217 Å². The number of amides is 2. The lowest BCUT2D eigenvalue weighted by Crippen LogP contribution is -2.45. The van der Waals surface area contributed by atoms with Gasteiger partial charge < -0.3 is 10.6 Å². The van der Waals surface area contributed by atoms with E-state index in [1.165, 1.54) is 5.56 Å². The standard InChI is InChI=1S/C29H30Cl2N2O2/c1-20(32-28(35)29(16-5-6-17-29)19-22-8-3-2-4-9-22)18-21-12-14-23(15-13-21)33-27(34)26-24(30)10-7-11-25(26)31/h2-4,7-15,20H,5-6,16-19H2,1H3,(H,32,35)(H,33,34). The molecule has 1 unspecified atom stereocenters. The molecule has 0 heterocycles. The van der Waals surface area contributed by atoms with Crippen LogP contribution in [0.25, 0.3) is 0 Å². The van der Waals surface area contributed by atoms with Crippen LogP contribution in [0.1, 0.15) is 54.1 Å². The molecule has 4 rings (SSSR count). The van der Waals surface area contributed by atoms with Gasteiger partial charge in [0, 0.05) is 11.7 Å². The Morgan fingerprint density at radius 2 is 1.49 bits per heavy atom. The molecule has 1 aliphatic rings. The highest BCUT2D eigenvalue weighted by Crippen LogP contribution is 2.41. The van der Waals surface area contributed by atoms with Crippen molar-refractivity contribution >= 4 is 40.7 Å². The maximum Gasteiger partial charge on any atom is 0.258 e. The van der Waals surface area contributed by atoms with Gasteiger partial charge in [-0.1, -0.05) is 84.6 Å². The van der Waals surface area contributed by atoms with Gasteiger partial charge in [0.1, 0.15) is 0 Å². The molecule has 1 aliphatic carbocycles. The summed E-state index contributed by atoms with van der Waals surface area (Å²) >= 11 is 12.3. The zero-order valence-electron chi connectivity index (χ0n) is 19.8. The topological polar surface area (TPSA) is 58.2 Å². The molecule has 2 amide bonds. The number of rotatable bonds is 8. The van der Waals surface area contributed by atoms with Crippen LogP contribution >= 0.6 is 23.2 Å². The van der Waals surface area contributed by atoms with E-state index in [-0.39, 0.29) is 28.8 Å². The van der Waals surface area contributed by atoms with E-state index in [1.807, 2.05) is 49.4 Å². The summed E-state index contributed by atoms with van der Waals surface area (Å²) in [5.74, 6) is -0.193. The van der Waals surface area contributed by atoms with Crippen molar-refractivity contribution in [3.63, 3.8) is 0 Å². The molecule has 0 radical (unpaired) electrons. The summed E-state index contributed by atoms with van der Waals surface area (Å²) in [6.07, 6.45) is 5.56. The Bertz CT molecular complexity index is 1150. The van der Waals surface area contributed by atoms with Crippen LogP contribution in [0.5, 0.6) is 0 Å². The predicted molar refractivity (Wildman–Crippen MR) is 143 cm³/mol. The van der Waals surface area contributed by atoms with Crippen molar-refractivity contribution in [3.05, 3.63) is 99.5 Å². The largest absolute Gasteiger partial charge is 0.353 e. The first-order valence-electron chi connectivity index (χ1n) is 12.1. The molecule has 182 valence electrons. The maximum atomic E-state index is 13.4. The Balaban J connectivity index is 1.35. The fourth-order valence-electron chi connectivity index (χ4n) is 4.94. The summed E-state index contributed by atoms with van der Waals surface area (Å²) in [7, 11) is 0. The van der Waals surface area contributed by atoms with Gasteiger partial charge in [-0.05, 0) is 68.0 Å². The molecule has 0 aliphatic heterocycles. The molecule has 6 heteroatoms.